The topological polar surface area (TPSA) is 100 Å². The van der Waals surface area contributed by atoms with E-state index in [9.17, 15) is 14.9 Å². The van der Waals surface area contributed by atoms with Gasteiger partial charge < -0.3 is 14.2 Å². The molecule has 1 aliphatic rings. The third kappa shape index (κ3) is 5.21. The monoisotopic (exact) mass is 556 g/mol. The van der Waals surface area contributed by atoms with Crippen LogP contribution < -0.4 is 9.47 Å². The van der Waals surface area contributed by atoms with Gasteiger partial charge in [-0.3, -0.25) is 10.1 Å². The number of carbonyl (C=O) groups excluding carboxylic acids is 1. The molecule has 178 valence electrons. The largest absolute Gasteiger partial charge is 0.493 e. The zero-order valence-electron chi connectivity index (χ0n) is 18.6. The van der Waals surface area contributed by atoms with E-state index < -0.39 is 10.9 Å². The standard InChI is InChI=1S/C25H18BrClN2O6/c1-14-17(7-5-9-21(14)29(31)32)24-28-20(25(30)35-24)11-15-10-19(27)23(22(12-15)33-2)34-13-16-6-3-4-8-18(16)26/h3-12H,13H2,1-2H3/b20-11-. The number of nitrogens with zero attached hydrogens (tertiary/aromatic N) is 2. The third-order valence-corrected chi connectivity index (χ3v) is 6.29. The molecule has 0 fully saturated rings. The zero-order chi connectivity index (χ0) is 25.1. The van der Waals surface area contributed by atoms with Gasteiger partial charge in [-0.2, -0.15) is 0 Å². The molecule has 10 heteroatoms. The first-order valence-electron chi connectivity index (χ1n) is 10.3. The highest BCUT2D eigenvalue weighted by atomic mass is 79.9. The SMILES string of the molecule is COc1cc(/C=C2\N=C(c3cccc([N+](=O)[O-])c3C)OC2=O)cc(Cl)c1OCc1ccccc1Br. The van der Waals surface area contributed by atoms with Crippen molar-refractivity contribution in [2.75, 3.05) is 7.11 Å². The van der Waals surface area contributed by atoms with Gasteiger partial charge >= 0.3 is 5.97 Å². The molecule has 0 saturated heterocycles. The van der Waals surface area contributed by atoms with Gasteiger partial charge in [-0.25, -0.2) is 9.79 Å². The summed E-state index contributed by atoms with van der Waals surface area (Å²) in [6.45, 7) is 1.84. The van der Waals surface area contributed by atoms with Gasteiger partial charge in [0.15, 0.2) is 17.2 Å². The molecule has 0 radical (unpaired) electrons. The second-order valence-corrected chi connectivity index (χ2v) is 8.72. The van der Waals surface area contributed by atoms with Gasteiger partial charge in [0.2, 0.25) is 5.90 Å². The number of methoxy groups -OCH3 is 1. The predicted octanol–water partition coefficient (Wildman–Crippen LogP) is 6.25. The summed E-state index contributed by atoms with van der Waals surface area (Å²) in [4.78, 5) is 27.4. The van der Waals surface area contributed by atoms with Crippen LogP contribution in [0.5, 0.6) is 11.5 Å². The number of rotatable bonds is 7. The maximum atomic E-state index is 12.5. The average molecular weight is 558 g/mol. The molecule has 0 spiro atoms. The first kappa shape index (κ1) is 24.4. The second kappa shape index (κ2) is 10.3. The molecule has 8 nitrogen and oxygen atoms in total. The van der Waals surface area contributed by atoms with Crippen LogP contribution in [-0.2, 0) is 16.1 Å². The summed E-state index contributed by atoms with van der Waals surface area (Å²) >= 11 is 9.96. The molecule has 4 rings (SSSR count). The van der Waals surface area contributed by atoms with Gasteiger partial charge in [-0.1, -0.05) is 51.8 Å². The van der Waals surface area contributed by atoms with E-state index in [-0.39, 0.29) is 28.9 Å². The summed E-state index contributed by atoms with van der Waals surface area (Å²) in [6, 6.07) is 15.4. The van der Waals surface area contributed by atoms with Crippen molar-refractivity contribution in [1.82, 2.24) is 0 Å². The number of halogens is 2. The number of aliphatic imine (C=N–C) groups is 1. The third-order valence-electron chi connectivity index (χ3n) is 5.24. The number of hydrogen-bond donors (Lipinski definition) is 0. The molecule has 3 aromatic rings. The number of esters is 1. The van der Waals surface area contributed by atoms with E-state index in [1.165, 1.54) is 25.3 Å². The Morgan fingerprint density at radius 1 is 1.20 bits per heavy atom. The van der Waals surface area contributed by atoms with E-state index in [1.807, 2.05) is 24.3 Å². The summed E-state index contributed by atoms with van der Waals surface area (Å²) in [6.07, 6.45) is 1.49. The molecule has 0 atom stereocenters. The Morgan fingerprint density at radius 2 is 1.97 bits per heavy atom. The Morgan fingerprint density at radius 3 is 2.69 bits per heavy atom. The Bertz CT molecular complexity index is 1400. The van der Waals surface area contributed by atoms with Crippen molar-refractivity contribution < 1.29 is 23.9 Å². The first-order chi connectivity index (χ1) is 16.8. The summed E-state index contributed by atoms with van der Waals surface area (Å²) in [5.74, 6) is 0.0446. The van der Waals surface area contributed by atoms with E-state index in [2.05, 4.69) is 20.9 Å². The smallest absolute Gasteiger partial charge is 0.363 e. The lowest BCUT2D eigenvalue weighted by atomic mass is 10.1. The van der Waals surface area contributed by atoms with Crippen LogP contribution in [0.3, 0.4) is 0 Å². The van der Waals surface area contributed by atoms with E-state index in [4.69, 9.17) is 25.8 Å². The van der Waals surface area contributed by atoms with Gasteiger partial charge in [-0.05, 0) is 42.8 Å². The van der Waals surface area contributed by atoms with Gasteiger partial charge in [0, 0.05) is 27.2 Å². The average Bonchev–Trinajstić information content (AvgIpc) is 3.18. The van der Waals surface area contributed by atoms with Crippen LogP contribution in [0, 0.1) is 17.0 Å². The lowest BCUT2D eigenvalue weighted by Gasteiger charge is -2.14. The molecule has 3 aromatic carbocycles. The number of ether oxygens (including phenoxy) is 3. The van der Waals surface area contributed by atoms with Crippen LogP contribution in [-0.4, -0.2) is 23.9 Å². The van der Waals surface area contributed by atoms with E-state index in [0.29, 0.717) is 28.2 Å². The molecule has 0 saturated carbocycles. The van der Waals surface area contributed by atoms with Crippen molar-refractivity contribution in [3.8, 4) is 11.5 Å². The van der Waals surface area contributed by atoms with Crippen LogP contribution in [0.25, 0.3) is 6.08 Å². The van der Waals surface area contributed by atoms with Crippen molar-refractivity contribution >= 4 is 51.2 Å². The molecule has 0 aromatic heterocycles. The van der Waals surface area contributed by atoms with Crippen LogP contribution in [0.2, 0.25) is 5.02 Å². The van der Waals surface area contributed by atoms with E-state index in [0.717, 1.165) is 10.0 Å². The molecule has 0 amide bonds. The van der Waals surface area contributed by atoms with Crippen LogP contribution in [0.4, 0.5) is 5.69 Å². The van der Waals surface area contributed by atoms with Crippen LogP contribution in [0.1, 0.15) is 22.3 Å². The number of nitro benzene ring substituents is 1. The molecule has 0 bridgehead atoms. The highest BCUT2D eigenvalue weighted by molar-refractivity contribution is 9.10. The Labute approximate surface area is 214 Å². The summed E-state index contributed by atoms with van der Waals surface area (Å²) in [7, 11) is 1.49. The molecule has 0 unspecified atom stereocenters. The molecule has 0 aliphatic carbocycles. The summed E-state index contributed by atoms with van der Waals surface area (Å²) < 4.78 is 17.6. The molecule has 1 heterocycles. The molecular weight excluding hydrogens is 540 g/mol. The van der Waals surface area contributed by atoms with Crippen molar-refractivity contribution in [2.45, 2.75) is 13.5 Å². The van der Waals surface area contributed by atoms with Gasteiger partial charge in [0.05, 0.1) is 17.1 Å². The minimum Gasteiger partial charge on any atom is -0.493 e. The molecule has 35 heavy (non-hydrogen) atoms. The number of cyclic esters (lactones) is 1. The number of carbonyl (C=O) groups is 1. The number of nitro groups is 1. The van der Waals surface area contributed by atoms with Crippen molar-refractivity contribution in [3.05, 3.63) is 102 Å². The summed E-state index contributed by atoms with van der Waals surface area (Å²) in [5.41, 5.74) is 2.11. The zero-order valence-corrected chi connectivity index (χ0v) is 20.9. The number of hydrogen-bond acceptors (Lipinski definition) is 7. The van der Waals surface area contributed by atoms with Crippen molar-refractivity contribution in [3.63, 3.8) is 0 Å². The number of benzene rings is 3. The maximum Gasteiger partial charge on any atom is 0.363 e. The fraction of sp³-hybridized carbons (Fsp3) is 0.120. The van der Waals surface area contributed by atoms with Crippen molar-refractivity contribution in [2.24, 2.45) is 4.99 Å². The molecule has 0 N–H and O–H groups in total. The minimum absolute atomic E-state index is 0.00564. The summed E-state index contributed by atoms with van der Waals surface area (Å²) in [5, 5.41) is 11.5. The highest BCUT2D eigenvalue weighted by Gasteiger charge is 2.27. The fourth-order valence-electron chi connectivity index (χ4n) is 3.46. The maximum absolute atomic E-state index is 12.5. The Balaban J connectivity index is 1.63. The van der Waals surface area contributed by atoms with Gasteiger partial charge in [0.1, 0.15) is 6.61 Å². The first-order valence-corrected chi connectivity index (χ1v) is 11.5. The van der Waals surface area contributed by atoms with Gasteiger partial charge in [-0.15, -0.1) is 0 Å². The van der Waals surface area contributed by atoms with Crippen molar-refractivity contribution in [1.29, 1.82) is 0 Å². The second-order valence-electron chi connectivity index (χ2n) is 7.46. The van der Waals surface area contributed by atoms with E-state index in [1.54, 1.807) is 25.1 Å². The highest BCUT2D eigenvalue weighted by Crippen LogP contribution is 2.38. The van der Waals surface area contributed by atoms with Crippen LogP contribution in [0.15, 0.2) is 69.8 Å². The Kier molecular flexibility index (Phi) is 7.18. The van der Waals surface area contributed by atoms with E-state index >= 15 is 0 Å². The lowest BCUT2D eigenvalue weighted by molar-refractivity contribution is -0.385. The molecule has 1 aliphatic heterocycles. The quantitative estimate of drug-likeness (QED) is 0.147. The van der Waals surface area contributed by atoms with Gasteiger partial charge in [0.25, 0.3) is 5.69 Å². The minimum atomic E-state index is -0.685. The predicted molar refractivity (Wildman–Crippen MR) is 135 cm³/mol. The van der Waals surface area contributed by atoms with Crippen LogP contribution >= 0.6 is 27.5 Å². The lowest BCUT2D eigenvalue weighted by Crippen LogP contribution is -2.08. The fourth-order valence-corrected chi connectivity index (χ4v) is 4.14. The molecular formula is C25H18BrClN2O6. The Hall–Kier alpha value is -3.69. The normalized spacial score (nSPS) is 14.0.